The molecule has 2 nitrogen and oxygen atoms in total. The van der Waals surface area contributed by atoms with Gasteiger partial charge in [0.2, 0.25) is 0 Å². The van der Waals surface area contributed by atoms with Crippen LogP contribution in [0.25, 0.3) is 0 Å². The van der Waals surface area contributed by atoms with E-state index in [9.17, 15) is 0 Å². The zero-order valence-electron chi connectivity index (χ0n) is 14.6. The standard InChI is InChI=1S/C18H35FN2/c1-5-16(4)21-12-8-18(19,9-13-21)14-20-10-6-17(7-11-20)15(2)3/h15-17H,5-14H2,1-4H3. The highest BCUT2D eigenvalue weighted by atomic mass is 19.1. The highest BCUT2D eigenvalue weighted by molar-refractivity contribution is 4.91. The number of hydrogen-bond acceptors (Lipinski definition) is 2. The van der Waals surface area contributed by atoms with E-state index in [1.54, 1.807) is 0 Å². The van der Waals surface area contributed by atoms with Crippen molar-refractivity contribution in [2.24, 2.45) is 11.8 Å². The molecule has 0 aliphatic carbocycles. The molecule has 21 heavy (non-hydrogen) atoms. The summed E-state index contributed by atoms with van der Waals surface area (Å²) in [5.41, 5.74) is -0.936. The van der Waals surface area contributed by atoms with Crippen LogP contribution in [0.2, 0.25) is 0 Å². The molecule has 2 heterocycles. The second kappa shape index (κ2) is 7.41. The summed E-state index contributed by atoms with van der Waals surface area (Å²) in [7, 11) is 0. The van der Waals surface area contributed by atoms with Crippen molar-refractivity contribution in [3.63, 3.8) is 0 Å². The van der Waals surface area contributed by atoms with Gasteiger partial charge < -0.3 is 9.80 Å². The number of alkyl halides is 1. The number of hydrogen-bond donors (Lipinski definition) is 0. The lowest BCUT2D eigenvalue weighted by Gasteiger charge is -2.43. The van der Waals surface area contributed by atoms with E-state index in [0.29, 0.717) is 12.6 Å². The van der Waals surface area contributed by atoms with E-state index in [1.807, 2.05) is 0 Å². The number of rotatable bonds is 5. The minimum atomic E-state index is -0.936. The Morgan fingerprint density at radius 2 is 1.62 bits per heavy atom. The molecule has 2 saturated heterocycles. The summed E-state index contributed by atoms with van der Waals surface area (Å²) in [6.07, 6.45) is 5.13. The summed E-state index contributed by atoms with van der Waals surface area (Å²) < 4.78 is 15.1. The molecule has 2 aliphatic heterocycles. The Hall–Kier alpha value is -0.150. The number of nitrogens with zero attached hydrogens (tertiary/aromatic N) is 2. The lowest BCUT2D eigenvalue weighted by Crippen LogP contribution is -2.51. The van der Waals surface area contributed by atoms with Gasteiger partial charge in [0.25, 0.3) is 0 Å². The van der Waals surface area contributed by atoms with Crippen LogP contribution in [0.3, 0.4) is 0 Å². The first kappa shape index (κ1) is 17.2. The van der Waals surface area contributed by atoms with Gasteiger partial charge in [0.1, 0.15) is 5.67 Å². The molecule has 124 valence electrons. The fourth-order valence-corrected chi connectivity index (χ4v) is 3.96. The van der Waals surface area contributed by atoms with Crippen LogP contribution in [0.15, 0.2) is 0 Å². The second-order valence-electron chi connectivity index (χ2n) is 7.80. The van der Waals surface area contributed by atoms with E-state index in [1.165, 1.54) is 19.3 Å². The Bertz CT molecular complexity index is 302. The molecule has 0 saturated carbocycles. The van der Waals surface area contributed by atoms with Crippen LogP contribution in [0.4, 0.5) is 4.39 Å². The molecule has 0 amide bonds. The van der Waals surface area contributed by atoms with Crippen molar-refractivity contribution >= 4 is 0 Å². The van der Waals surface area contributed by atoms with Gasteiger partial charge >= 0.3 is 0 Å². The van der Waals surface area contributed by atoms with Gasteiger partial charge in [0.15, 0.2) is 0 Å². The highest BCUT2D eigenvalue weighted by Crippen LogP contribution is 2.31. The number of piperidine rings is 2. The average molecular weight is 298 g/mol. The monoisotopic (exact) mass is 298 g/mol. The Kier molecular flexibility index (Phi) is 6.07. The van der Waals surface area contributed by atoms with Crippen LogP contribution in [-0.4, -0.2) is 54.2 Å². The minimum absolute atomic E-state index is 0.608. The van der Waals surface area contributed by atoms with E-state index in [2.05, 4.69) is 37.5 Å². The third kappa shape index (κ3) is 4.66. The van der Waals surface area contributed by atoms with Crippen LogP contribution in [-0.2, 0) is 0 Å². The molecule has 2 rings (SSSR count). The van der Waals surface area contributed by atoms with Crippen LogP contribution in [0.1, 0.15) is 59.8 Å². The van der Waals surface area contributed by atoms with Crippen LogP contribution in [0.5, 0.6) is 0 Å². The molecular weight excluding hydrogens is 263 g/mol. The van der Waals surface area contributed by atoms with Gasteiger partial charge in [-0.25, -0.2) is 4.39 Å². The normalized spacial score (nSPS) is 27.1. The van der Waals surface area contributed by atoms with Crippen molar-refractivity contribution in [2.75, 3.05) is 32.7 Å². The van der Waals surface area contributed by atoms with Gasteiger partial charge in [-0.1, -0.05) is 20.8 Å². The Labute approximate surface area is 131 Å². The van der Waals surface area contributed by atoms with E-state index in [-0.39, 0.29) is 0 Å². The van der Waals surface area contributed by atoms with Crippen molar-refractivity contribution in [1.29, 1.82) is 0 Å². The van der Waals surface area contributed by atoms with E-state index in [4.69, 9.17) is 0 Å². The zero-order valence-corrected chi connectivity index (χ0v) is 14.6. The predicted molar refractivity (Wildman–Crippen MR) is 88.4 cm³/mol. The van der Waals surface area contributed by atoms with Crippen LogP contribution in [0, 0.1) is 11.8 Å². The van der Waals surface area contributed by atoms with E-state index in [0.717, 1.165) is 50.9 Å². The fraction of sp³-hybridized carbons (Fsp3) is 1.00. The Balaban J connectivity index is 1.76. The van der Waals surface area contributed by atoms with Gasteiger partial charge in [-0.05, 0) is 64.0 Å². The zero-order chi connectivity index (χ0) is 15.5. The first-order chi connectivity index (χ1) is 9.93. The average Bonchev–Trinajstić information content (AvgIpc) is 2.47. The van der Waals surface area contributed by atoms with Crippen molar-refractivity contribution < 1.29 is 4.39 Å². The van der Waals surface area contributed by atoms with Crippen molar-refractivity contribution in [3.05, 3.63) is 0 Å². The first-order valence-corrected chi connectivity index (χ1v) is 9.09. The number of halogens is 1. The van der Waals surface area contributed by atoms with Gasteiger partial charge in [-0.3, -0.25) is 0 Å². The van der Waals surface area contributed by atoms with Gasteiger partial charge in [-0.2, -0.15) is 0 Å². The molecule has 0 radical (unpaired) electrons. The summed E-state index contributed by atoms with van der Waals surface area (Å²) >= 11 is 0. The fourth-order valence-electron chi connectivity index (χ4n) is 3.96. The lowest BCUT2D eigenvalue weighted by atomic mass is 9.85. The molecular formula is C18H35FN2. The SMILES string of the molecule is CCC(C)N1CCC(F)(CN2CCC(C(C)C)CC2)CC1. The Morgan fingerprint density at radius 3 is 2.10 bits per heavy atom. The third-order valence-corrected chi connectivity index (χ3v) is 5.99. The molecule has 1 unspecified atom stereocenters. The van der Waals surface area contributed by atoms with Crippen LogP contribution >= 0.6 is 0 Å². The van der Waals surface area contributed by atoms with Gasteiger partial charge in [0.05, 0.1) is 0 Å². The van der Waals surface area contributed by atoms with Crippen molar-refractivity contribution in [2.45, 2.75) is 71.5 Å². The summed E-state index contributed by atoms with van der Waals surface area (Å²) in [5.74, 6) is 1.63. The first-order valence-electron chi connectivity index (χ1n) is 9.09. The van der Waals surface area contributed by atoms with Crippen molar-refractivity contribution in [1.82, 2.24) is 9.80 Å². The molecule has 0 aromatic rings. The predicted octanol–water partition coefficient (Wildman–Crippen LogP) is 3.96. The number of likely N-dealkylation sites (tertiary alicyclic amines) is 2. The van der Waals surface area contributed by atoms with E-state index < -0.39 is 5.67 Å². The van der Waals surface area contributed by atoms with E-state index >= 15 is 4.39 Å². The highest BCUT2D eigenvalue weighted by Gasteiger charge is 2.37. The molecule has 0 bridgehead atoms. The maximum atomic E-state index is 15.1. The molecule has 3 heteroatoms. The molecule has 2 fully saturated rings. The summed E-state index contributed by atoms with van der Waals surface area (Å²) in [6, 6.07) is 0.608. The van der Waals surface area contributed by atoms with Gasteiger partial charge in [0, 0.05) is 25.7 Å². The molecule has 0 aromatic heterocycles. The lowest BCUT2D eigenvalue weighted by molar-refractivity contribution is 0.00310. The maximum Gasteiger partial charge on any atom is 0.126 e. The van der Waals surface area contributed by atoms with Crippen molar-refractivity contribution in [3.8, 4) is 0 Å². The second-order valence-corrected chi connectivity index (χ2v) is 7.80. The summed E-state index contributed by atoms with van der Waals surface area (Å²) in [4.78, 5) is 4.85. The molecule has 2 aliphatic rings. The van der Waals surface area contributed by atoms with Gasteiger partial charge in [-0.15, -0.1) is 0 Å². The quantitative estimate of drug-likeness (QED) is 0.758. The largest absolute Gasteiger partial charge is 0.300 e. The molecule has 0 N–H and O–H groups in total. The molecule has 1 atom stereocenters. The molecule has 0 aromatic carbocycles. The topological polar surface area (TPSA) is 6.48 Å². The minimum Gasteiger partial charge on any atom is -0.300 e. The van der Waals surface area contributed by atoms with Crippen LogP contribution < -0.4 is 0 Å². The molecule has 0 spiro atoms. The smallest absolute Gasteiger partial charge is 0.126 e. The third-order valence-electron chi connectivity index (χ3n) is 5.99. The summed E-state index contributed by atoms with van der Waals surface area (Å²) in [5, 5.41) is 0. The Morgan fingerprint density at radius 1 is 1.05 bits per heavy atom. The maximum absolute atomic E-state index is 15.1. The summed E-state index contributed by atoms with van der Waals surface area (Å²) in [6.45, 7) is 13.9.